The number of hydrogen-bond acceptors (Lipinski definition) is 4. The smallest absolute Gasteiger partial charge is 0.261 e. The minimum atomic E-state index is -0.816. The molecule has 3 aromatic carbocycles. The highest BCUT2D eigenvalue weighted by molar-refractivity contribution is 6.21. The number of hydrogen-bond donors (Lipinski definition) is 1. The highest BCUT2D eigenvalue weighted by Crippen LogP contribution is 2.43. The number of unbranched alkanes of at least 4 members (excludes halogenated alkanes) is 6. The molecule has 1 unspecified atom stereocenters. The fourth-order valence-electron chi connectivity index (χ4n) is 7.89. The molecule has 5 rings (SSSR count). The standard InChI is InChI=1S/C40H52N4O3/c1-44(2,30-18-27-43-37(45)35-23-14-15-24-36(35)38(43)46)29-17-7-5-3-4-6-16-26-42-28-25-34(31-42)40(39(41)47,32-19-10-8-11-20-32)33-21-12-9-13-22-33/h8-15,19-24,34H,3-7,16-18,25-31H2,1-2H3,(H-,41,47)/p+1. The Bertz CT molecular complexity index is 1420. The van der Waals surface area contributed by atoms with E-state index in [2.05, 4.69) is 43.3 Å². The Morgan fingerprint density at radius 3 is 1.74 bits per heavy atom. The summed E-state index contributed by atoms with van der Waals surface area (Å²) >= 11 is 0. The predicted octanol–water partition coefficient (Wildman–Crippen LogP) is 6.27. The zero-order valence-corrected chi connectivity index (χ0v) is 28.4. The van der Waals surface area contributed by atoms with E-state index in [1.54, 1.807) is 12.1 Å². The minimum Gasteiger partial charge on any atom is -0.369 e. The number of carbonyl (C=O) groups is 3. The number of amides is 3. The second kappa shape index (κ2) is 15.9. The van der Waals surface area contributed by atoms with Crippen LogP contribution >= 0.6 is 0 Å². The van der Waals surface area contributed by atoms with E-state index in [0.717, 1.165) is 61.2 Å². The number of rotatable bonds is 18. The first-order valence-electron chi connectivity index (χ1n) is 17.6. The van der Waals surface area contributed by atoms with Crippen molar-refractivity contribution in [2.24, 2.45) is 11.7 Å². The number of fused-ring (bicyclic) bond motifs is 1. The van der Waals surface area contributed by atoms with Crippen LogP contribution in [0.5, 0.6) is 0 Å². The van der Waals surface area contributed by atoms with E-state index in [1.807, 2.05) is 48.5 Å². The molecule has 0 saturated carbocycles. The first-order chi connectivity index (χ1) is 22.7. The lowest BCUT2D eigenvalue weighted by molar-refractivity contribution is -0.890. The summed E-state index contributed by atoms with van der Waals surface area (Å²) in [6.07, 6.45) is 10.4. The molecule has 0 radical (unpaired) electrons. The summed E-state index contributed by atoms with van der Waals surface area (Å²) in [5.74, 6) is -0.423. The van der Waals surface area contributed by atoms with Crippen molar-refractivity contribution in [3.63, 3.8) is 0 Å². The number of quaternary nitrogens is 1. The molecule has 7 heteroatoms. The molecule has 0 aliphatic carbocycles. The maximum absolute atomic E-state index is 13.3. The fraction of sp³-hybridized carbons (Fsp3) is 0.475. The molecule has 3 aromatic rings. The van der Waals surface area contributed by atoms with Gasteiger partial charge in [-0.3, -0.25) is 19.3 Å². The van der Waals surface area contributed by atoms with Crippen molar-refractivity contribution in [1.82, 2.24) is 9.80 Å². The largest absolute Gasteiger partial charge is 0.369 e. The minimum absolute atomic E-state index is 0.148. The Morgan fingerprint density at radius 1 is 0.702 bits per heavy atom. The van der Waals surface area contributed by atoms with Gasteiger partial charge in [-0.1, -0.05) is 98.5 Å². The lowest BCUT2D eigenvalue weighted by atomic mass is 9.64. The molecule has 2 heterocycles. The van der Waals surface area contributed by atoms with Crippen molar-refractivity contribution in [2.45, 2.75) is 63.2 Å². The SMILES string of the molecule is C[N+](C)(CCCCCCCCCN1CCC(C(C(N)=O)(c2ccccc2)c2ccccc2)C1)CCCN1C(=O)c2ccccc2C1=O. The Morgan fingerprint density at radius 2 is 1.19 bits per heavy atom. The van der Waals surface area contributed by atoms with Crippen LogP contribution in [0.3, 0.4) is 0 Å². The molecule has 0 aromatic heterocycles. The summed E-state index contributed by atoms with van der Waals surface area (Å²) in [5.41, 5.74) is 8.50. The number of nitrogens with two attached hydrogens (primary N) is 1. The van der Waals surface area contributed by atoms with Crippen LogP contribution in [0.1, 0.15) is 89.6 Å². The zero-order chi connectivity index (χ0) is 33.3. The predicted molar refractivity (Wildman–Crippen MR) is 188 cm³/mol. The van der Waals surface area contributed by atoms with Gasteiger partial charge in [0.2, 0.25) is 5.91 Å². The van der Waals surface area contributed by atoms with Gasteiger partial charge in [0.25, 0.3) is 11.8 Å². The monoisotopic (exact) mass is 637 g/mol. The van der Waals surface area contributed by atoms with E-state index in [1.165, 1.54) is 49.8 Å². The van der Waals surface area contributed by atoms with Crippen LogP contribution in [0.4, 0.5) is 0 Å². The molecule has 7 nitrogen and oxygen atoms in total. The third-order valence-corrected chi connectivity index (χ3v) is 10.5. The van der Waals surface area contributed by atoms with Crippen LogP contribution in [0.15, 0.2) is 84.9 Å². The van der Waals surface area contributed by atoms with Crippen LogP contribution in [0.25, 0.3) is 0 Å². The summed E-state index contributed by atoms with van der Waals surface area (Å²) in [6.45, 7) is 5.50. The summed E-state index contributed by atoms with van der Waals surface area (Å²) in [5, 5.41) is 0. The normalized spacial score (nSPS) is 17.0. The highest BCUT2D eigenvalue weighted by atomic mass is 16.2. The highest BCUT2D eigenvalue weighted by Gasteiger charge is 2.49. The van der Waals surface area contributed by atoms with Gasteiger partial charge in [0.05, 0.1) is 38.3 Å². The van der Waals surface area contributed by atoms with Gasteiger partial charge in [0.15, 0.2) is 0 Å². The molecule has 0 spiro atoms. The van der Waals surface area contributed by atoms with E-state index >= 15 is 0 Å². The van der Waals surface area contributed by atoms with Gasteiger partial charge < -0.3 is 15.1 Å². The first kappa shape index (κ1) is 34.5. The van der Waals surface area contributed by atoms with Crippen molar-refractivity contribution in [3.05, 3.63) is 107 Å². The molecule has 2 aliphatic heterocycles. The second-order valence-corrected chi connectivity index (χ2v) is 14.2. The van der Waals surface area contributed by atoms with E-state index < -0.39 is 5.41 Å². The molecule has 0 bridgehead atoms. The van der Waals surface area contributed by atoms with Crippen LogP contribution in [-0.4, -0.2) is 85.4 Å². The Labute approximate surface area is 281 Å². The number of imide groups is 1. The zero-order valence-electron chi connectivity index (χ0n) is 28.4. The quantitative estimate of drug-likeness (QED) is 0.101. The van der Waals surface area contributed by atoms with E-state index in [0.29, 0.717) is 17.7 Å². The molecular weight excluding hydrogens is 584 g/mol. The van der Waals surface area contributed by atoms with Crippen molar-refractivity contribution >= 4 is 17.7 Å². The molecule has 1 saturated heterocycles. The van der Waals surface area contributed by atoms with Gasteiger partial charge in [-0.05, 0) is 68.0 Å². The van der Waals surface area contributed by atoms with Crippen LogP contribution in [-0.2, 0) is 10.2 Å². The lowest BCUT2D eigenvalue weighted by Crippen LogP contribution is -2.49. The molecule has 3 amide bonds. The lowest BCUT2D eigenvalue weighted by Gasteiger charge is -2.37. The third-order valence-electron chi connectivity index (χ3n) is 10.5. The van der Waals surface area contributed by atoms with Gasteiger partial charge in [-0.2, -0.15) is 0 Å². The van der Waals surface area contributed by atoms with Crippen LogP contribution in [0, 0.1) is 5.92 Å². The first-order valence-corrected chi connectivity index (χ1v) is 17.6. The molecule has 2 aliphatic rings. The number of primary amides is 1. The third kappa shape index (κ3) is 8.02. The Hall–Kier alpha value is -3.81. The fourth-order valence-corrected chi connectivity index (χ4v) is 7.89. The van der Waals surface area contributed by atoms with Crippen LogP contribution in [0.2, 0.25) is 0 Å². The van der Waals surface area contributed by atoms with Gasteiger partial charge in [0.1, 0.15) is 5.41 Å². The summed E-state index contributed by atoms with van der Waals surface area (Å²) in [6, 6.07) is 27.4. The molecular formula is C40H53N4O3+. The van der Waals surface area contributed by atoms with Gasteiger partial charge in [0, 0.05) is 19.5 Å². The van der Waals surface area contributed by atoms with Crippen molar-refractivity contribution in [3.8, 4) is 0 Å². The molecule has 250 valence electrons. The maximum Gasteiger partial charge on any atom is 0.261 e. The summed E-state index contributed by atoms with van der Waals surface area (Å²) < 4.78 is 0.908. The number of benzene rings is 3. The average molecular weight is 638 g/mol. The van der Waals surface area contributed by atoms with E-state index in [4.69, 9.17) is 5.73 Å². The summed E-state index contributed by atoms with van der Waals surface area (Å²) in [4.78, 5) is 42.5. The van der Waals surface area contributed by atoms with Crippen molar-refractivity contribution in [2.75, 3.05) is 53.4 Å². The molecule has 1 fully saturated rings. The number of carbonyl (C=O) groups excluding carboxylic acids is 3. The van der Waals surface area contributed by atoms with Gasteiger partial charge in [-0.25, -0.2) is 0 Å². The van der Waals surface area contributed by atoms with Crippen molar-refractivity contribution in [1.29, 1.82) is 0 Å². The van der Waals surface area contributed by atoms with E-state index in [9.17, 15) is 14.4 Å². The summed E-state index contributed by atoms with van der Waals surface area (Å²) in [7, 11) is 4.50. The molecule has 1 atom stereocenters. The Balaban J connectivity index is 0.964. The number of likely N-dealkylation sites (tertiary alicyclic amines) is 1. The number of nitrogens with zero attached hydrogens (tertiary/aromatic N) is 3. The molecule has 2 N–H and O–H groups in total. The maximum atomic E-state index is 13.3. The van der Waals surface area contributed by atoms with Gasteiger partial charge >= 0.3 is 0 Å². The topological polar surface area (TPSA) is 83.7 Å². The second-order valence-electron chi connectivity index (χ2n) is 14.2. The van der Waals surface area contributed by atoms with Crippen molar-refractivity contribution < 1.29 is 18.9 Å². The average Bonchev–Trinajstić information content (AvgIpc) is 3.64. The van der Waals surface area contributed by atoms with Crippen LogP contribution < -0.4 is 5.73 Å². The van der Waals surface area contributed by atoms with Gasteiger partial charge in [-0.15, -0.1) is 0 Å². The molecule has 47 heavy (non-hydrogen) atoms. The Kier molecular flexibility index (Phi) is 11.6. The van der Waals surface area contributed by atoms with E-state index in [-0.39, 0.29) is 23.6 Å².